The molecule has 1 aromatic rings. The fraction of sp³-hybridized carbons (Fsp3) is 0.714. The molecule has 2 heterocycles. The molecule has 1 saturated heterocycles. The average Bonchev–Trinajstić information content (AvgIpc) is 2.71. The van der Waals surface area contributed by atoms with E-state index in [1.54, 1.807) is 0 Å². The zero-order valence-electron chi connectivity index (χ0n) is 13.3. The normalized spacial score (nSPS) is 18.0. The summed E-state index contributed by atoms with van der Waals surface area (Å²) >= 11 is 0. The van der Waals surface area contributed by atoms with E-state index in [9.17, 15) is 15.2 Å². The number of nitro groups is 1. The van der Waals surface area contributed by atoms with Crippen molar-refractivity contribution in [3.8, 4) is 0 Å². The Bertz CT molecular complexity index is 537. The standard InChI is InChI=1S/C14H23N5O4/c1-17-13(15-9-14(17)19(21)22)8-16-23-11-12(20)10-18-6-4-2-3-5-7-18/h8-9,12,20H,2-7,10-11H2,1H3. The molecular weight excluding hydrogens is 302 g/mol. The van der Waals surface area contributed by atoms with Crippen LogP contribution in [0.25, 0.3) is 0 Å². The number of β-amino-alcohol motifs (C(OH)–C–C–N with tert-alkyl or cyclic N) is 1. The van der Waals surface area contributed by atoms with Crippen LogP contribution < -0.4 is 0 Å². The number of nitrogens with zero attached hydrogens (tertiary/aromatic N) is 5. The summed E-state index contributed by atoms with van der Waals surface area (Å²) < 4.78 is 1.31. The molecule has 23 heavy (non-hydrogen) atoms. The van der Waals surface area contributed by atoms with Crippen molar-refractivity contribution in [2.45, 2.75) is 31.8 Å². The van der Waals surface area contributed by atoms with Crippen LogP contribution in [0.2, 0.25) is 0 Å². The van der Waals surface area contributed by atoms with Gasteiger partial charge in [-0.1, -0.05) is 18.0 Å². The first-order chi connectivity index (χ1) is 11.1. The summed E-state index contributed by atoms with van der Waals surface area (Å²) in [5.74, 6) is 0.200. The molecule has 1 fully saturated rings. The highest BCUT2D eigenvalue weighted by Gasteiger charge is 2.16. The summed E-state index contributed by atoms with van der Waals surface area (Å²) in [5, 5.41) is 24.4. The van der Waals surface area contributed by atoms with Gasteiger partial charge in [0.2, 0.25) is 5.82 Å². The number of rotatable bonds is 7. The maximum Gasteiger partial charge on any atom is 0.342 e. The fourth-order valence-corrected chi connectivity index (χ4v) is 2.59. The molecule has 9 nitrogen and oxygen atoms in total. The topological polar surface area (TPSA) is 106 Å². The highest BCUT2D eigenvalue weighted by Crippen LogP contribution is 2.11. The van der Waals surface area contributed by atoms with Crippen LogP contribution in [-0.2, 0) is 11.9 Å². The molecule has 0 aromatic carbocycles. The van der Waals surface area contributed by atoms with Crippen molar-refractivity contribution in [1.82, 2.24) is 14.5 Å². The summed E-state index contributed by atoms with van der Waals surface area (Å²) in [6.07, 6.45) is 6.70. The van der Waals surface area contributed by atoms with Crippen LogP contribution in [0.15, 0.2) is 11.4 Å². The smallest absolute Gasteiger partial charge is 0.342 e. The van der Waals surface area contributed by atoms with E-state index in [0.29, 0.717) is 12.4 Å². The number of hydrogen-bond acceptors (Lipinski definition) is 7. The van der Waals surface area contributed by atoms with Gasteiger partial charge >= 0.3 is 5.82 Å². The van der Waals surface area contributed by atoms with Crippen molar-refractivity contribution >= 4 is 12.0 Å². The molecule has 0 radical (unpaired) electrons. The zero-order valence-corrected chi connectivity index (χ0v) is 13.3. The molecule has 1 aromatic heterocycles. The molecule has 0 bridgehead atoms. The molecule has 0 saturated carbocycles. The largest absolute Gasteiger partial charge is 0.393 e. The lowest BCUT2D eigenvalue weighted by atomic mass is 10.2. The predicted octanol–water partition coefficient (Wildman–Crippen LogP) is 0.916. The Kier molecular flexibility index (Phi) is 6.48. The van der Waals surface area contributed by atoms with E-state index in [1.165, 1.54) is 43.5 Å². The summed E-state index contributed by atoms with van der Waals surface area (Å²) in [6.45, 7) is 2.68. The Balaban J connectivity index is 1.74. The van der Waals surface area contributed by atoms with Crippen LogP contribution >= 0.6 is 0 Å². The molecule has 1 unspecified atom stereocenters. The minimum Gasteiger partial charge on any atom is -0.393 e. The van der Waals surface area contributed by atoms with Crippen LogP contribution in [0, 0.1) is 10.1 Å². The summed E-state index contributed by atoms with van der Waals surface area (Å²) in [6, 6.07) is 0. The second kappa shape index (κ2) is 8.59. The van der Waals surface area contributed by atoms with E-state index in [-0.39, 0.29) is 12.4 Å². The SMILES string of the molecule is Cn1c([N+](=O)[O-])cnc1C=NOCC(O)CN1CCCCCC1. The van der Waals surface area contributed by atoms with Crippen molar-refractivity contribution in [1.29, 1.82) is 0 Å². The highest BCUT2D eigenvalue weighted by molar-refractivity contribution is 5.74. The van der Waals surface area contributed by atoms with Gasteiger partial charge in [-0.15, -0.1) is 0 Å². The number of aromatic nitrogens is 2. The van der Waals surface area contributed by atoms with Crippen molar-refractivity contribution in [3.63, 3.8) is 0 Å². The quantitative estimate of drug-likeness (QED) is 0.454. The molecule has 2 rings (SSSR count). The molecule has 1 aliphatic rings. The molecule has 0 spiro atoms. The Morgan fingerprint density at radius 2 is 2.17 bits per heavy atom. The van der Waals surface area contributed by atoms with Gasteiger partial charge in [-0.3, -0.25) is 0 Å². The fourth-order valence-electron chi connectivity index (χ4n) is 2.59. The van der Waals surface area contributed by atoms with E-state index in [2.05, 4.69) is 15.0 Å². The van der Waals surface area contributed by atoms with Crippen LogP contribution in [0.4, 0.5) is 5.82 Å². The lowest BCUT2D eigenvalue weighted by molar-refractivity contribution is -0.391. The van der Waals surface area contributed by atoms with Gasteiger partial charge in [0, 0.05) is 6.54 Å². The lowest BCUT2D eigenvalue weighted by Crippen LogP contribution is -2.35. The Labute approximate surface area is 134 Å². The Morgan fingerprint density at radius 3 is 2.78 bits per heavy atom. The molecule has 0 amide bonds. The maximum absolute atomic E-state index is 10.7. The van der Waals surface area contributed by atoms with Crippen molar-refractivity contribution in [3.05, 3.63) is 22.1 Å². The third-order valence-corrected chi connectivity index (χ3v) is 3.86. The molecule has 1 N–H and O–H groups in total. The van der Waals surface area contributed by atoms with Gasteiger partial charge in [-0.05, 0) is 30.9 Å². The van der Waals surface area contributed by atoms with Crippen LogP contribution in [0.1, 0.15) is 31.5 Å². The zero-order chi connectivity index (χ0) is 16.7. The monoisotopic (exact) mass is 325 g/mol. The van der Waals surface area contributed by atoms with Crippen molar-refractivity contribution in [2.24, 2.45) is 12.2 Å². The van der Waals surface area contributed by atoms with E-state index in [4.69, 9.17) is 4.84 Å². The third kappa shape index (κ3) is 5.29. The van der Waals surface area contributed by atoms with Gasteiger partial charge in [-0.2, -0.15) is 0 Å². The van der Waals surface area contributed by atoms with Gasteiger partial charge in [0.05, 0.1) is 7.05 Å². The predicted molar refractivity (Wildman–Crippen MR) is 84.3 cm³/mol. The number of aliphatic hydroxyl groups excluding tert-OH is 1. The molecule has 1 atom stereocenters. The van der Waals surface area contributed by atoms with E-state index < -0.39 is 11.0 Å². The number of likely N-dealkylation sites (tertiary alicyclic amines) is 1. The summed E-state index contributed by atoms with van der Waals surface area (Å²) in [4.78, 5) is 21.4. The minimum absolute atomic E-state index is 0.0829. The van der Waals surface area contributed by atoms with Crippen molar-refractivity contribution in [2.75, 3.05) is 26.2 Å². The minimum atomic E-state index is -0.610. The molecular formula is C14H23N5O4. The number of hydrogen-bond donors (Lipinski definition) is 1. The second-order valence-corrected chi connectivity index (χ2v) is 5.69. The second-order valence-electron chi connectivity index (χ2n) is 5.69. The Morgan fingerprint density at radius 1 is 1.48 bits per heavy atom. The van der Waals surface area contributed by atoms with Crippen LogP contribution in [0.3, 0.4) is 0 Å². The summed E-state index contributed by atoms with van der Waals surface area (Å²) in [7, 11) is 1.53. The Hall–Kier alpha value is -2.00. The first-order valence-electron chi connectivity index (χ1n) is 7.80. The number of imidazole rings is 1. The van der Waals surface area contributed by atoms with E-state index in [0.717, 1.165) is 19.3 Å². The number of oxime groups is 1. The third-order valence-electron chi connectivity index (χ3n) is 3.86. The number of aliphatic hydroxyl groups is 1. The van der Waals surface area contributed by atoms with Crippen LogP contribution in [0.5, 0.6) is 0 Å². The average molecular weight is 325 g/mol. The maximum atomic E-state index is 10.7. The van der Waals surface area contributed by atoms with Gasteiger partial charge in [-0.25, -0.2) is 9.55 Å². The van der Waals surface area contributed by atoms with Gasteiger partial charge < -0.3 is 25.0 Å². The molecule has 128 valence electrons. The van der Waals surface area contributed by atoms with E-state index >= 15 is 0 Å². The van der Waals surface area contributed by atoms with Crippen LogP contribution in [-0.4, -0.2) is 63.0 Å². The van der Waals surface area contributed by atoms with Gasteiger partial charge in [0.25, 0.3) is 0 Å². The first kappa shape index (κ1) is 17.4. The molecule has 1 aliphatic heterocycles. The highest BCUT2D eigenvalue weighted by atomic mass is 16.6. The van der Waals surface area contributed by atoms with Gasteiger partial charge in [0.1, 0.15) is 25.1 Å². The molecule has 0 aliphatic carbocycles. The molecule has 9 heteroatoms. The first-order valence-corrected chi connectivity index (χ1v) is 7.80. The van der Waals surface area contributed by atoms with Crippen molar-refractivity contribution < 1.29 is 14.9 Å². The lowest BCUT2D eigenvalue weighted by Gasteiger charge is -2.22. The van der Waals surface area contributed by atoms with Gasteiger partial charge in [0.15, 0.2) is 0 Å². The van der Waals surface area contributed by atoms with E-state index in [1.807, 2.05) is 0 Å². The summed E-state index contributed by atoms with van der Waals surface area (Å²) in [5.41, 5.74) is 0.